The SMILES string of the molecule is CCCS(=O)(=O)CCn1ccnc1CCl. The fourth-order valence-electron chi connectivity index (χ4n) is 1.33. The summed E-state index contributed by atoms with van der Waals surface area (Å²) in [7, 11) is -2.92. The van der Waals surface area contributed by atoms with Gasteiger partial charge in [0, 0.05) is 24.7 Å². The number of aromatic nitrogens is 2. The lowest BCUT2D eigenvalue weighted by molar-refractivity contribution is 0.586. The van der Waals surface area contributed by atoms with Crippen LogP contribution in [0.1, 0.15) is 19.2 Å². The van der Waals surface area contributed by atoms with Crippen molar-refractivity contribution in [2.75, 3.05) is 11.5 Å². The molecular formula is C9H15ClN2O2S. The highest BCUT2D eigenvalue weighted by molar-refractivity contribution is 7.91. The number of nitrogens with zero attached hydrogens (tertiary/aromatic N) is 2. The molecule has 0 aliphatic carbocycles. The lowest BCUT2D eigenvalue weighted by Gasteiger charge is -2.06. The van der Waals surface area contributed by atoms with Crippen LogP contribution >= 0.6 is 11.6 Å². The molecule has 4 nitrogen and oxygen atoms in total. The minimum atomic E-state index is -2.92. The number of rotatable bonds is 6. The van der Waals surface area contributed by atoms with Crippen LogP contribution in [0.4, 0.5) is 0 Å². The molecule has 0 atom stereocenters. The van der Waals surface area contributed by atoms with Crippen LogP contribution in [0.15, 0.2) is 12.4 Å². The number of aryl methyl sites for hydroxylation is 1. The van der Waals surface area contributed by atoms with Crippen LogP contribution in [0.25, 0.3) is 0 Å². The first-order valence-corrected chi connectivity index (χ1v) is 7.21. The highest BCUT2D eigenvalue weighted by atomic mass is 35.5. The molecule has 1 aromatic rings. The summed E-state index contributed by atoms with van der Waals surface area (Å²) in [4.78, 5) is 4.02. The van der Waals surface area contributed by atoms with E-state index < -0.39 is 9.84 Å². The van der Waals surface area contributed by atoms with Crippen molar-refractivity contribution in [3.8, 4) is 0 Å². The zero-order chi connectivity index (χ0) is 11.3. The largest absolute Gasteiger partial charge is 0.333 e. The van der Waals surface area contributed by atoms with E-state index in [2.05, 4.69) is 4.98 Å². The van der Waals surface area contributed by atoms with E-state index in [0.29, 0.717) is 24.7 Å². The molecule has 1 aromatic heterocycles. The molecule has 6 heteroatoms. The van der Waals surface area contributed by atoms with Crippen molar-refractivity contribution in [3.63, 3.8) is 0 Å². The topological polar surface area (TPSA) is 52.0 Å². The van der Waals surface area contributed by atoms with Crippen molar-refractivity contribution in [2.24, 2.45) is 0 Å². The van der Waals surface area contributed by atoms with E-state index in [0.717, 1.165) is 0 Å². The van der Waals surface area contributed by atoms with E-state index in [1.165, 1.54) is 0 Å². The molecule has 0 fully saturated rings. The summed E-state index contributed by atoms with van der Waals surface area (Å²) in [5, 5.41) is 0. The van der Waals surface area contributed by atoms with E-state index >= 15 is 0 Å². The zero-order valence-corrected chi connectivity index (χ0v) is 10.3. The molecule has 0 saturated heterocycles. The molecule has 0 aliphatic rings. The summed E-state index contributed by atoms with van der Waals surface area (Å²) in [6, 6.07) is 0. The van der Waals surface area contributed by atoms with Gasteiger partial charge in [-0.15, -0.1) is 11.6 Å². The average Bonchev–Trinajstić information content (AvgIpc) is 2.62. The Kier molecular flexibility index (Phi) is 4.60. The first-order chi connectivity index (χ1) is 7.09. The highest BCUT2D eigenvalue weighted by Gasteiger charge is 2.10. The second kappa shape index (κ2) is 5.51. The van der Waals surface area contributed by atoms with Gasteiger partial charge >= 0.3 is 0 Å². The van der Waals surface area contributed by atoms with Crippen LogP contribution in [0.5, 0.6) is 0 Å². The molecule has 86 valence electrons. The van der Waals surface area contributed by atoms with Gasteiger partial charge in [-0.05, 0) is 6.42 Å². The monoisotopic (exact) mass is 250 g/mol. The highest BCUT2D eigenvalue weighted by Crippen LogP contribution is 2.03. The molecule has 0 aromatic carbocycles. The number of hydrogen-bond acceptors (Lipinski definition) is 3. The van der Waals surface area contributed by atoms with E-state index in [-0.39, 0.29) is 11.5 Å². The molecule has 0 bridgehead atoms. The summed E-state index contributed by atoms with van der Waals surface area (Å²) >= 11 is 5.65. The summed E-state index contributed by atoms with van der Waals surface area (Å²) in [6.07, 6.45) is 4.04. The van der Waals surface area contributed by atoms with Gasteiger partial charge in [-0.1, -0.05) is 6.92 Å². The normalized spacial score (nSPS) is 11.9. The minimum absolute atomic E-state index is 0.154. The van der Waals surface area contributed by atoms with Gasteiger partial charge in [-0.3, -0.25) is 0 Å². The van der Waals surface area contributed by atoms with Crippen LogP contribution < -0.4 is 0 Å². The predicted molar refractivity (Wildman–Crippen MR) is 60.7 cm³/mol. The second-order valence-corrected chi connectivity index (χ2v) is 5.89. The summed E-state index contributed by atoms with van der Waals surface area (Å²) in [5.74, 6) is 1.42. The molecule has 15 heavy (non-hydrogen) atoms. The second-order valence-electron chi connectivity index (χ2n) is 3.32. The van der Waals surface area contributed by atoms with Gasteiger partial charge in [0.05, 0.1) is 11.6 Å². The van der Waals surface area contributed by atoms with Crippen molar-refractivity contribution < 1.29 is 8.42 Å². The van der Waals surface area contributed by atoms with Gasteiger partial charge in [0.25, 0.3) is 0 Å². The van der Waals surface area contributed by atoms with E-state index in [1.54, 1.807) is 17.0 Å². The molecule has 0 unspecified atom stereocenters. The number of halogens is 1. The maximum atomic E-state index is 11.5. The Labute approximate surface area is 95.2 Å². The third-order valence-electron chi connectivity index (χ3n) is 2.08. The van der Waals surface area contributed by atoms with Gasteiger partial charge < -0.3 is 4.57 Å². The third-order valence-corrected chi connectivity index (χ3v) is 4.15. The van der Waals surface area contributed by atoms with Crippen molar-refractivity contribution in [1.29, 1.82) is 0 Å². The van der Waals surface area contributed by atoms with Crippen molar-refractivity contribution in [1.82, 2.24) is 9.55 Å². The molecule has 0 aliphatic heterocycles. The zero-order valence-electron chi connectivity index (χ0n) is 8.69. The number of imidazole rings is 1. The van der Waals surface area contributed by atoms with Gasteiger partial charge in [-0.2, -0.15) is 0 Å². The minimum Gasteiger partial charge on any atom is -0.333 e. The van der Waals surface area contributed by atoms with E-state index in [9.17, 15) is 8.42 Å². The lowest BCUT2D eigenvalue weighted by Crippen LogP contribution is -2.16. The Morgan fingerprint density at radius 2 is 2.20 bits per heavy atom. The van der Waals surface area contributed by atoms with E-state index in [4.69, 9.17) is 11.6 Å². The molecule has 1 rings (SSSR count). The summed E-state index contributed by atoms with van der Waals surface area (Å²) < 4.78 is 24.7. The number of sulfone groups is 1. The quantitative estimate of drug-likeness (QED) is 0.718. The van der Waals surface area contributed by atoms with E-state index in [1.807, 2.05) is 6.92 Å². The van der Waals surface area contributed by atoms with Gasteiger partial charge in [0.1, 0.15) is 5.82 Å². The fraction of sp³-hybridized carbons (Fsp3) is 0.667. The first kappa shape index (κ1) is 12.5. The van der Waals surface area contributed by atoms with Crippen LogP contribution in [-0.2, 0) is 22.3 Å². The van der Waals surface area contributed by atoms with Crippen molar-refractivity contribution in [3.05, 3.63) is 18.2 Å². The molecular weight excluding hydrogens is 236 g/mol. The maximum Gasteiger partial charge on any atom is 0.152 e. The number of hydrogen-bond donors (Lipinski definition) is 0. The average molecular weight is 251 g/mol. The molecule has 0 amide bonds. The Hall–Kier alpha value is -0.550. The fourth-order valence-corrected chi connectivity index (χ4v) is 2.85. The van der Waals surface area contributed by atoms with Gasteiger partial charge in [-0.25, -0.2) is 13.4 Å². The third kappa shape index (κ3) is 3.83. The van der Waals surface area contributed by atoms with Gasteiger partial charge in [0.2, 0.25) is 0 Å². The van der Waals surface area contributed by atoms with Crippen LogP contribution in [0.3, 0.4) is 0 Å². The number of alkyl halides is 1. The standard InChI is InChI=1S/C9H15ClN2O2S/c1-2-6-15(13,14)7-5-12-4-3-11-9(12)8-10/h3-4H,2,5-8H2,1H3. The Morgan fingerprint density at radius 3 is 2.80 bits per heavy atom. The lowest BCUT2D eigenvalue weighted by atomic mass is 10.6. The molecule has 0 N–H and O–H groups in total. The van der Waals surface area contributed by atoms with Crippen LogP contribution in [0.2, 0.25) is 0 Å². The molecule has 0 spiro atoms. The Bertz CT molecular complexity index is 400. The summed E-state index contributed by atoms with van der Waals surface area (Å²) in [5.41, 5.74) is 0. The van der Waals surface area contributed by atoms with Crippen molar-refractivity contribution in [2.45, 2.75) is 25.8 Å². The predicted octanol–water partition coefficient (Wildman–Crippen LogP) is 1.45. The van der Waals surface area contributed by atoms with Crippen LogP contribution in [0, 0.1) is 0 Å². The Balaban J connectivity index is 2.57. The first-order valence-electron chi connectivity index (χ1n) is 4.85. The smallest absolute Gasteiger partial charge is 0.152 e. The van der Waals surface area contributed by atoms with Crippen LogP contribution in [-0.4, -0.2) is 29.5 Å². The van der Waals surface area contributed by atoms with Crippen molar-refractivity contribution >= 4 is 21.4 Å². The summed E-state index contributed by atoms with van der Waals surface area (Å²) in [6.45, 7) is 2.29. The Morgan fingerprint density at radius 1 is 1.47 bits per heavy atom. The van der Waals surface area contributed by atoms with Gasteiger partial charge in [0.15, 0.2) is 9.84 Å². The maximum absolute atomic E-state index is 11.5. The molecule has 0 saturated carbocycles. The molecule has 1 heterocycles. The molecule has 0 radical (unpaired) electrons.